The van der Waals surface area contributed by atoms with E-state index in [2.05, 4.69) is 43.4 Å². The lowest BCUT2D eigenvalue weighted by atomic mass is 10.1. The first-order chi connectivity index (χ1) is 10.4. The van der Waals surface area contributed by atoms with E-state index in [0.717, 1.165) is 19.1 Å². The molecule has 0 unspecified atom stereocenters. The van der Waals surface area contributed by atoms with Crippen molar-refractivity contribution in [3.05, 3.63) is 12.8 Å². The fourth-order valence-corrected chi connectivity index (χ4v) is 1.95. The Balaban J connectivity index is 2.91. The molecule has 6 nitrogen and oxygen atoms in total. The molecule has 0 radical (unpaired) electrons. The summed E-state index contributed by atoms with van der Waals surface area (Å²) in [6.07, 6.45) is 15.1. The van der Waals surface area contributed by atoms with E-state index >= 15 is 0 Å². The van der Waals surface area contributed by atoms with E-state index in [4.69, 9.17) is 0 Å². The molecule has 0 aromatic heterocycles. The lowest BCUT2D eigenvalue weighted by molar-refractivity contribution is -0.751. The van der Waals surface area contributed by atoms with Crippen LogP contribution >= 0.6 is 0 Å². The molecule has 0 spiro atoms. The molecular weight excluding hydrogens is 276 g/mol. The van der Waals surface area contributed by atoms with Crippen molar-refractivity contribution in [2.24, 2.45) is 0 Å². The van der Waals surface area contributed by atoms with Crippen LogP contribution in [0.5, 0.6) is 0 Å². The van der Waals surface area contributed by atoms with Gasteiger partial charge in [0.25, 0.3) is 0 Å². The van der Waals surface area contributed by atoms with Gasteiger partial charge < -0.3 is 4.89 Å². The second-order valence-electron chi connectivity index (χ2n) is 4.89. The SMILES string of the molecule is C=COOOOOOCCCCCCCCCCCCC. The van der Waals surface area contributed by atoms with Crippen LogP contribution in [0.1, 0.15) is 77.6 Å². The van der Waals surface area contributed by atoms with Gasteiger partial charge in [0.2, 0.25) is 0 Å². The normalized spacial score (nSPS) is 10.7. The van der Waals surface area contributed by atoms with Crippen LogP contribution in [-0.4, -0.2) is 6.61 Å². The predicted octanol–water partition coefficient (Wildman–Crippen LogP) is 5.12. The molecule has 0 fully saturated rings. The van der Waals surface area contributed by atoms with E-state index < -0.39 is 0 Å². The van der Waals surface area contributed by atoms with Gasteiger partial charge in [-0.1, -0.05) is 77.7 Å². The third kappa shape index (κ3) is 19.3. The van der Waals surface area contributed by atoms with Gasteiger partial charge in [0, 0.05) is 10.1 Å². The first-order valence-corrected chi connectivity index (χ1v) is 7.97. The Kier molecular flexibility index (Phi) is 18.7. The molecule has 0 saturated carbocycles. The monoisotopic (exact) mass is 306 g/mol. The summed E-state index contributed by atoms with van der Waals surface area (Å²) in [5.41, 5.74) is 0. The van der Waals surface area contributed by atoms with Crippen molar-refractivity contribution in [1.82, 2.24) is 0 Å². The fraction of sp³-hybridized carbons (Fsp3) is 0.867. The van der Waals surface area contributed by atoms with Crippen LogP contribution in [0.3, 0.4) is 0 Å². The average molecular weight is 306 g/mol. The van der Waals surface area contributed by atoms with Crippen LogP contribution in [0.15, 0.2) is 12.8 Å². The second kappa shape index (κ2) is 19.3. The second-order valence-corrected chi connectivity index (χ2v) is 4.89. The summed E-state index contributed by atoms with van der Waals surface area (Å²) >= 11 is 0. The molecule has 0 aliphatic heterocycles. The first-order valence-electron chi connectivity index (χ1n) is 7.97. The van der Waals surface area contributed by atoms with Gasteiger partial charge in [-0.25, -0.2) is 4.89 Å². The molecule has 0 aliphatic carbocycles. The van der Waals surface area contributed by atoms with Crippen LogP contribution in [0, 0.1) is 0 Å². The summed E-state index contributed by atoms with van der Waals surface area (Å²) in [4.78, 5) is 8.82. The van der Waals surface area contributed by atoms with Crippen LogP contribution in [-0.2, 0) is 29.9 Å². The minimum absolute atomic E-state index is 0.447. The zero-order chi connectivity index (χ0) is 15.4. The molecule has 0 atom stereocenters. The van der Waals surface area contributed by atoms with E-state index in [1.807, 2.05) is 0 Å². The van der Waals surface area contributed by atoms with Crippen molar-refractivity contribution >= 4 is 0 Å². The van der Waals surface area contributed by atoms with Gasteiger partial charge in [0.05, 0.1) is 6.61 Å². The van der Waals surface area contributed by atoms with E-state index in [9.17, 15) is 0 Å². The molecule has 0 bridgehead atoms. The third-order valence-corrected chi connectivity index (χ3v) is 3.07. The minimum Gasteiger partial charge on any atom is -0.315 e. The predicted molar refractivity (Wildman–Crippen MR) is 78.0 cm³/mol. The van der Waals surface area contributed by atoms with Crippen LogP contribution in [0.25, 0.3) is 0 Å². The molecule has 6 heteroatoms. The summed E-state index contributed by atoms with van der Waals surface area (Å²) in [5.74, 6) is 0. The Hall–Kier alpha value is -0.660. The molecule has 0 aromatic rings. The molecular formula is C15H30O6. The molecule has 0 saturated heterocycles. The van der Waals surface area contributed by atoms with Crippen molar-refractivity contribution in [2.75, 3.05) is 6.61 Å². The molecule has 0 rings (SSSR count). The van der Waals surface area contributed by atoms with Gasteiger partial charge in [0.1, 0.15) is 6.26 Å². The molecule has 0 heterocycles. The highest BCUT2D eigenvalue weighted by Gasteiger charge is 1.95. The minimum atomic E-state index is 0.447. The van der Waals surface area contributed by atoms with Crippen LogP contribution < -0.4 is 0 Å². The lowest BCUT2D eigenvalue weighted by Gasteiger charge is -2.02. The first kappa shape index (κ1) is 20.3. The van der Waals surface area contributed by atoms with Crippen molar-refractivity contribution in [1.29, 1.82) is 0 Å². The highest BCUT2D eigenvalue weighted by Crippen LogP contribution is 2.11. The van der Waals surface area contributed by atoms with Gasteiger partial charge in [-0.2, -0.15) is 0 Å². The maximum atomic E-state index is 4.69. The topological polar surface area (TPSA) is 55.4 Å². The smallest absolute Gasteiger partial charge is 0.125 e. The number of hydrogen-bond acceptors (Lipinski definition) is 6. The van der Waals surface area contributed by atoms with Gasteiger partial charge in [0.15, 0.2) is 0 Å². The van der Waals surface area contributed by atoms with Gasteiger partial charge in [-0.15, -0.1) is 0 Å². The molecule has 0 N–H and O–H groups in total. The van der Waals surface area contributed by atoms with Crippen LogP contribution in [0.4, 0.5) is 0 Å². The largest absolute Gasteiger partial charge is 0.315 e. The zero-order valence-corrected chi connectivity index (χ0v) is 13.2. The Bertz CT molecular complexity index is 201. The van der Waals surface area contributed by atoms with Crippen molar-refractivity contribution in [3.8, 4) is 0 Å². The lowest BCUT2D eigenvalue weighted by Crippen LogP contribution is -2.00. The molecule has 21 heavy (non-hydrogen) atoms. The number of unbranched alkanes of at least 4 members (excludes halogenated alkanes) is 10. The average Bonchev–Trinajstić information content (AvgIpc) is 2.50. The summed E-state index contributed by atoms with van der Waals surface area (Å²) in [5, 5.41) is 16.1. The van der Waals surface area contributed by atoms with E-state index in [1.165, 1.54) is 57.8 Å². The van der Waals surface area contributed by atoms with Crippen molar-refractivity contribution in [2.45, 2.75) is 77.6 Å². The Morgan fingerprint density at radius 3 is 1.76 bits per heavy atom. The third-order valence-electron chi connectivity index (χ3n) is 3.07. The van der Waals surface area contributed by atoms with Crippen molar-refractivity contribution in [3.63, 3.8) is 0 Å². The highest BCUT2D eigenvalue weighted by molar-refractivity contribution is 4.47. The van der Waals surface area contributed by atoms with Gasteiger partial charge in [-0.05, 0) is 16.5 Å². The Morgan fingerprint density at radius 2 is 1.19 bits per heavy atom. The molecule has 126 valence electrons. The Morgan fingerprint density at radius 1 is 0.667 bits per heavy atom. The van der Waals surface area contributed by atoms with E-state index in [1.54, 1.807) is 0 Å². The summed E-state index contributed by atoms with van der Waals surface area (Å²) < 4.78 is 0. The fourth-order valence-electron chi connectivity index (χ4n) is 1.95. The Labute approximate surface area is 127 Å². The number of rotatable bonds is 18. The van der Waals surface area contributed by atoms with Gasteiger partial charge >= 0.3 is 0 Å². The molecule has 0 aliphatic rings. The summed E-state index contributed by atoms with van der Waals surface area (Å²) in [6, 6.07) is 0. The van der Waals surface area contributed by atoms with E-state index in [0.29, 0.717) is 6.61 Å². The quantitative estimate of drug-likeness (QED) is 0.152. The zero-order valence-electron chi connectivity index (χ0n) is 13.2. The van der Waals surface area contributed by atoms with Crippen molar-refractivity contribution < 1.29 is 29.9 Å². The summed E-state index contributed by atoms with van der Waals surface area (Å²) in [6.45, 7) is 5.91. The van der Waals surface area contributed by atoms with E-state index in [-0.39, 0.29) is 0 Å². The standard InChI is InChI=1S/C15H30O6/c1-3-5-6-7-8-9-10-11-12-13-14-15-17-19-21-20-18-16-4-2/h4H,2-3,5-15H2,1H3. The van der Waals surface area contributed by atoms with Gasteiger partial charge in [-0.3, -0.25) is 0 Å². The number of hydrogen-bond donors (Lipinski definition) is 0. The molecule has 0 amide bonds. The molecule has 0 aromatic carbocycles. The van der Waals surface area contributed by atoms with Crippen LogP contribution in [0.2, 0.25) is 0 Å². The summed E-state index contributed by atoms with van der Waals surface area (Å²) in [7, 11) is 0. The maximum absolute atomic E-state index is 4.69. The highest BCUT2D eigenvalue weighted by atomic mass is 17.8. The maximum Gasteiger partial charge on any atom is 0.125 e.